The summed E-state index contributed by atoms with van der Waals surface area (Å²) in [5, 5.41) is 18.0. The molecule has 0 spiro atoms. The predicted octanol–water partition coefficient (Wildman–Crippen LogP) is 3.32. The highest BCUT2D eigenvalue weighted by Crippen LogP contribution is 2.29. The number of aliphatic imine (C=N–C) groups is 1. The van der Waals surface area contributed by atoms with Crippen LogP contribution in [0.5, 0.6) is 5.88 Å². The molecule has 144 valence electrons. The molecule has 3 rings (SSSR count). The Balaban J connectivity index is 0.00000261. The summed E-state index contributed by atoms with van der Waals surface area (Å²) in [5.41, 5.74) is 1.03. The Morgan fingerprint density at radius 2 is 2.07 bits per heavy atom. The standard InChI is InChI=1S/C19H22N4O2S.HI/c1-20-19(22-11-13-7-8-21-18(9-13)25-2)23-12-15(24)17-10-14-5-3-4-6-16(14)26-17;/h3-10,15,24H,11-12H2,1-2H3,(H2,20,22,23);1H. The maximum absolute atomic E-state index is 10.5. The SMILES string of the molecule is CN=C(NCc1ccnc(OC)c1)NCC(O)c1cc2ccccc2s1.I. The molecule has 0 aliphatic rings. The Labute approximate surface area is 179 Å². The van der Waals surface area contributed by atoms with Gasteiger partial charge < -0.3 is 20.5 Å². The molecule has 0 aliphatic heterocycles. The first kappa shape index (κ1) is 21.4. The molecule has 0 radical (unpaired) electrons. The lowest BCUT2D eigenvalue weighted by Gasteiger charge is -2.14. The number of aromatic nitrogens is 1. The van der Waals surface area contributed by atoms with E-state index in [0.29, 0.717) is 24.9 Å². The molecule has 0 fully saturated rings. The zero-order valence-corrected chi connectivity index (χ0v) is 18.3. The van der Waals surface area contributed by atoms with Crippen molar-refractivity contribution in [2.24, 2.45) is 4.99 Å². The molecule has 2 aromatic heterocycles. The maximum atomic E-state index is 10.5. The van der Waals surface area contributed by atoms with Gasteiger partial charge in [0, 0.05) is 42.0 Å². The van der Waals surface area contributed by atoms with Crippen LogP contribution in [-0.4, -0.2) is 36.8 Å². The summed E-state index contributed by atoms with van der Waals surface area (Å²) in [6.07, 6.45) is 1.11. The summed E-state index contributed by atoms with van der Waals surface area (Å²) < 4.78 is 6.30. The lowest BCUT2D eigenvalue weighted by molar-refractivity contribution is 0.184. The number of fused-ring (bicyclic) bond motifs is 1. The molecule has 1 aromatic carbocycles. The highest BCUT2D eigenvalue weighted by Gasteiger charge is 2.12. The van der Waals surface area contributed by atoms with Crippen molar-refractivity contribution in [2.45, 2.75) is 12.6 Å². The number of benzene rings is 1. The van der Waals surface area contributed by atoms with Gasteiger partial charge >= 0.3 is 0 Å². The average Bonchev–Trinajstić information content (AvgIpc) is 3.12. The van der Waals surface area contributed by atoms with Crippen molar-refractivity contribution < 1.29 is 9.84 Å². The molecular formula is C19H23IN4O2S. The van der Waals surface area contributed by atoms with E-state index in [1.165, 1.54) is 4.70 Å². The van der Waals surface area contributed by atoms with Crippen molar-refractivity contribution in [1.82, 2.24) is 15.6 Å². The molecule has 0 saturated carbocycles. The van der Waals surface area contributed by atoms with E-state index in [0.717, 1.165) is 15.8 Å². The van der Waals surface area contributed by atoms with Gasteiger partial charge in [-0.1, -0.05) is 18.2 Å². The van der Waals surface area contributed by atoms with Gasteiger partial charge in [0.05, 0.1) is 7.11 Å². The van der Waals surface area contributed by atoms with Gasteiger partial charge in [-0.25, -0.2) is 4.98 Å². The van der Waals surface area contributed by atoms with E-state index in [1.807, 2.05) is 30.3 Å². The number of pyridine rings is 1. The normalized spacial score (nSPS) is 12.3. The van der Waals surface area contributed by atoms with Crippen LogP contribution in [-0.2, 0) is 6.54 Å². The molecule has 0 bridgehead atoms. The molecule has 1 unspecified atom stereocenters. The Morgan fingerprint density at radius 1 is 1.26 bits per heavy atom. The Bertz CT molecular complexity index is 867. The first-order valence-corrected chi connectivity index (χ1v) is 9.11. The second-order valence-electron chi connectivity index (χ2n) is 5.72. The molecule has 3 N–H and O–H groups in total. The van der Waals surface area contributed by atoms with Gasteiger partial charge in [0.25, 0.3) is 0 Å². The fourth-order valence-corrected chi connectivity index (χ4v) is 3.59. The summed E-state index contributed by atoms with van der Waals surface area (Å²) in [7, 11) is 3.30. The van der Waals surface area contributed by atoms with E-state index in [1.54, 1.807) is 31.7 Å². The van der Waals surface area contributed by atoms with Crippen LogP contribution in [0, 0.1) is 0 Å². The number of nitrogens with zero attached hydrogens (tertiary/aromatic N) is 2. The molecule has 2 heterocycles. The highest BCUT2D eigenvalue weighted by atomic mass is 127. The van der Waals surface area contributed by atoms with Crippen molar-refractivity contribution in [2.75, 3.05) is 20.7 Å². The number of halogens is 1. The second kappa shape index (κ2) is 10.4. The number of aliphatic hydroxyl groups is 1. The smallest absolute Gasteiger partial charge is 0.213 e. The largest absolute Gasteiger partial charge is 0.481 e. The van der Waals surface area contributed by atoms with Crippen molar-refractivity contribution in [1.29, 1.82) is 0 Å². The molecular weight excluding hydrogens is 475 g/mol. The van der Waals surface area contributed by atoms with Gasteiger partial charge in [0.1, 0.15) is 6.10 Å². The molecule has 1 atom stereocenters. The number of hydrogen-bond acceptors (Lipinski definition) is 5. The number of methoxy groups -OCH3 is 1. The van der Waals surface area contributed by atoms with Gasteiger partial charge in [-0.05, 0) is 29.1 Å². The minimum Gasteiger partial charge on any atom is -0.481 e. The molecule has 3 aromatic rings. The van der Waals surface area contributed by atoms with E-state index in [-0.39, 0.29) is 24.0 Å². The van der Waals surface area contributed by atoms with Gasteiger partial charge in [-0.15, -0.1) is 35.3 Å². The number of hydrogen-bond donors (Lipinski definition) is 3. The van der Waals surface area contributed by atoms with Gasteiger partial charge in [0.2, 0.25) is 5.88 Å². The third-order valence-corrected chi connectivity index (χ3v) is 5.15. The third-order valence-electron chi connectivity index (χ3n) is 3.93. The topological polar surface area (TPSA) is 78.8 Å². The fourth-order valence-electron chi connectivity index (χ4n) is 2.54. The molecule has 0 aliphatic carbocycles. The van der Waals surface area contributed by atoms with Crippen LogP contribution >= 0.6 is 35.3 Å². The number of aliphatic hydroxyl groups excluding tert-OH is 1. The average molecular weight is 498 g/mol. The zero-order chi connectivity index (χ0) is 18.4. The number of guanidine groups is 1. The summed E-state index contributed by atoms with van der Waals surface area (Å²) in [5.74, 6) is 1.20. The van der Waals surface area contributed by atoms with Crippen molar-refractivity contribution in [3.8, 4) is 5.88 Å². The lowest BCUT2D eigenvalue weighted by atomic mass is 10.2. The van der Waals surface area contributed by atoms with E-state index in [2.05, 4.69) is 32.7 Å². The lowest BCUT2D eigenvalue weighted by Crippen LogP contribution is -2.38. The Hall–Kier alpha value is -1.91. The minimum atomic E-state index is -0.591. The molecule has 0 amide bonds. The Kier molecular flexibility index (Phi) is 8.26. The number of ether oxygens (including phenoxy) is 1. The predicted molar refractivity (Wildman–Crippen MR) is 121 cm³/mol. The van der Waals surface area contributed by atoms with Crippen molar-refractivity contribution >= 4 is 51.4 Å². The first-order valence-electron chi connectivity index (χ1n) is 8.29. The van der Waals surface area contributed by atoms with E-state index < -0.39 is 6.10 Å². The van der Waals surface area contributed by atoms with Crippen LogP contribution < -0.4 is 15.4 Å². The van der Waals surface area contributed by atoms with Crippen LogP contribution in [0.15, 0.2) is 53.7 Å². The fraction of sp³-hybridized carbons (Fsp3) is 0.263. The highest BCUT2D eigenvalue weighted by molar-refractivity contribution is 14.0. The van der Waals surface area contributed by atoms with Crippen molar-refractivity contribution in [3.63, 3.8) is 0 Å². The number of thiophene rings is 1. The second-order valence-corrected chi connectivity index (χ2v) is 6.83. The Morgan fingerprint density at radius 3 is 2.81 bits per heavy atom. The molecule has 0 saturated heterocycles. The van der Waals surface area contributed by atoms with Crippen LogP contribution in [0.4, 0.5) is 0 Å². The van der Waals surface area contributed by atoms with Crippen LogP contribution in [0.25, 0.3) is 10.1 Å². The van der Waals surface area contributed by atoms with Gasteiger partial charge in [0.15, 0.2) is 5.96 Å². The zero-order valence-electron chi connectivity index (χ0n) is 15.2. The van der Waals surface area contributed by atoms with E-state index in [9.17, 15) is 5.11 Å². The van der Waals surface area contributed by atoms with E-state index in [4.69, 9.17) is 4.74 Å². The molecule has 6 nitrogen and oxygen atoms in total. The van der Waals surface area contributed by atoms with Crippen molar-refractivity contribution in [3.05, 3.63) is 59.1 Å². The third kappa shape index (κ3) is 5.78. The van der Waals surface area contributed by atoms with Crippen LogP contribution in [0.2, 0.25) is 0 Å². The summed E-state index contributed by atoms with van der Waals surface area (Å²) in [6, 6.07) is 13.9. The summed E-state index contributed by atoms with van der Waals surface area (Å²) in [6.45, 7) is 0.962. The molecule has 8 heteroatoms. The summed E-state index contributed by atoms with van der Waals surface area (Å²) >= 11 is 1.61. The van der Waals surface area contributed by atoms with Crippen LogP contribution in [0.3, 0.4) is 0 Å². The van der Waals surface area contributed by atoms with E-state index >= 15 is 0 Å². The number of rotatable bonds is 6. The minimum absolute atomic E-state index is 0. The monoisotopic (exact) mass is 498 g/mol. The van der Waals surface area contributed by atoms with Crippen LogP contribution in [0.1, 0.15) is 16.5 Å². The quantitative estimate of drug-likeness (QED) is 0.276. The maximum Gasteiger partial charge on any atom is 0.213 e. The van der Waals surface area contributed by atoms with Gasteiger partial charge in [-0.3, -0.25) is 4.99 Å². The number of nitrogens with one attached hydrogen (secondary N) is 2. The summed E-state index contributed by atoms with van der Waals surface area (Å²) in [4.78, 5) is 9.22. The van der Waals surface area contributed by atoms with Gasteiger partial charge in [-0.2, -0.15) is 0 Å². The molecule has 27 heavy (non-hydrogen) atoms. The first-order chi connectivity index (χ1) is 12.7.